The third-order valence-corrected chi connectivity index (χ3v) is 6.00. The lowest BCUT2D eigenvalue weighted by Gasteiger charge is -2.15. The van der Waals surface area contributed by atoms with Gasteiger partial charge in [-0.1, -0.05) is 72.4 Å². The van der Waals surface area contributed by atoms with Crippen molar-refractivity contribution in [2.45, 2.75) is 17.2 Å². The molecule has 0 spiro atoms. The van der Waals surface area contributed by atoms with Crippen molar-refractivity contribution in [2.24, 2.45) is 14.1 Å². The monoisotopic (exact) mass is 404 g/mol. The fraction of sp³-hybridized carbons (Fsp3) is 0.182. The van der Waals surface area contributed by atoms with Crippen LogP contribution in [0.4, 0.5) is 0 Å². The van der Waals surface area contributed by atoms with Gasteiger partial charge in [0, 0.05) is 24.9 Å². The molecule has 0 radical (unpaired) electrons. The van der Waals surface area contributed by atoms with Crippen molar-refractivity contribution in [3.05, 3.63) is 87.1 Å². The molecule has 0 N–H and O–H groups in total. The third kappa shape index (κ3) is 3.49. The van der Waals surface area contributed by atoms with Crippen LogP contribution >= 0.6 is 11.8 Å². The molecule has 0 aliphatic carbocycles. The molecule has 0 amide bonds. The Hall–Kier alpha value is -3.19. The highest BCUT2D eigenvalue weighted by Gasteiger charge is 2.20. The Morgan fingerprint density at radius 3 is 2.14 bits per heavy atom. The predicted molar refractivity (Wildman–Crippen MR) is 116 cm³/mol. The molecule has 0 saturated carbocycles. The Bertz CT molecular complexity index is 1300. The Balaban J connectivity index is 1.98. The highest BCUT2D eigenvalue weighted by atomic mass is 32.2. The quantitative estimate of drug-likeness (QED) is 0.384. The van der Waals surface area contributed by atoms with Crippen molar-refractivity contribution in [1.82, 2.24) is 19.1 Å². The Kier molecular flexibility index (Phi) is 5.07. The molecule has 2 heterocycles. The SMILES string of the molecule is C[C@@H](Sc1nc(-c2ccccc2)nc2c1c(=O)n(C)c(=O)n2C)c1ccccc1. The summed E-state index contributed by atoms with van der Waals surface area (Å²) in [6.45, 7) is 2.07. The van der Waals surface area contributed by atoms with E-state index in [1.54, 1.807) is 7.05 Å². The van der Waals surface area contributed by atoms with Gasteiger partial charge in [0.15, 0.2) is 11.5 Å². The van der Waals surface area contributed by atoms with Gasteiger partial charge in [-0.2, -0.15) is 0 Å². The number of nitrogens with zero attached hydrogens (tertiary/aromatic N) is 4. The van der Waals surface area contributed by atoms with E-state index < -0.39 is 5.69 Å². The summed E-state index contributed by atoms with van der Waals surface area (Å²) in [5.41, 5.74) is 1.51. The maximum absolute atomic E-state index is 12.9. The van der Waals surface area contributed by atoms with Crippen LogP contribution in [0.2, 0.25) is 0 Å². The van der Waals surface area contributed by atoms with Crippen LogP contribution in [0.3, 0.4) is 0 Å². The molecule has 0 unspecified atom stereocenters. The molecular weight excluding hydrogens is 384 g/mol. The normalized spacial score (nSPS) is 12.2. The molecule has 2 aromatic carbocycles. The van der Waals surface area contributed by atoms with Crippen molar-refractivity contribution in [1.29, 1.82) is 0 Å². The van der Waals surface area contributed by atoms with Crippen LogP contribution in [0, 0.1) is 0 Å². The maximum atomic E-state index is 12.9. The lowest BCUT2D eigenvalue weighted by atomic mass is 10.2. The van der Waals surface area contributed by atoms with E-state index in [4.69, 9.17) is 4.98 Å². The van der Waals surface area contributed by atoms with Gasteiger partial charge in [-0.3, -0.25) is 13.9 Å². The maximum Gasteiger partial charge on any atom is 0.332 e. The van der Waals surface area contributed by atoms with E-state index in [2.05, 4.69) is 11.9 Å². The zero-order chi connectivity index (χ0) is 20.5. The molecule has 146 valence electrons. The van der Waals surface area contributed by atoms with E-state index in [1.807, 2.05) is 60.7 Å². The van der Waals surface area contributed by atoms with E-state index in [0.717, 1.165) is 15.7 Å². The van der Waals surface area contributed by atoms with E-state index in [1.165, 1.54) is 23.4 Å². The molecule has 0 fully saturated rings. The average molecular weight is 404 g/mol. The van der Waals surface area contributed by atoms with Crippen molar-refractivity contribution < 1.29 is 0 Å². The van der Waals surface area contributed by atoms with E-state index in [-0.39, 0.29) is 10.8 Å². The molecule has 4 aromatic rings. The highest BCUT2D eigenvalue weighted by molar-refractivity contribution is 7.99. The molecule has 0 aliphatic heterocycles. The topological polar surface area (TPSA) is 69.8 Å². The fourth-order valence-electron chi connectivity index (χ4n) is 3.19. The second-order valence-corrected chi connectivity index (χ2v) is 8.12. The molecule has 0 saturated heterocycles. The zero-order valence-corrected chi connectivity index (χ0v) is 17.2. The summed E-state index contributed by atoms with van der Waals surface area (Å²) >= 11 is 1.49. The minimum absolute atomic E-state index is 0.0693. The summed E-state index contributed by atoms with van der Waals surface area (Å²) < 4.78 is 2.51. The Morgan fingerprint density at radius 1 is 0.862 bits per heavy atom. The van der Waals surface area contributed by atoms with Gasteiger partial charge in [0.2, 0.25) is 0 Å². The standard InChI is InChI=1S/C22H20N4O2S/c1-14(15-10-6-4-7-11-15)29-20-17-19(25(2)22(28)26(3)21(17)27)23-18(24-20)16-12-8-5-9-13-16/h4-14H,1-3H3/t14-/m1/s1. The van der Waals surface area contributed by atoms with Crippen LogP contribution in [0.5, 0.6) is 0 Å². The lowest BCUT2D eigenvalue weighted by molar-refractivity contribution is 0.703. The Morgan fingerprint density at radius 2 is 1.48 bits per heavy atom. The smallest absolute Gasteiger partial charge is 0.280 e. The minimum Gasteiger partial charge on any atom is -0.280 e. The zero-order valence-electron chi connectivity index (χ0n) is 16.4. The molecule has 7 heteroatoms. The predicted octanol–water partition coefficient (Wildman–Crippen LogP) is 3.55. The van der Waals surface area contributed by atoms with Gasteiger partial charge in [0.05, 0.1) is 0 Å². The lowest BCUT2D eigenvalue weighted by Crippen LogP contribution is -2.37. The minimum atomic E-state index is -0.410. The summed E-state index contributed by atoms with van der Waals surface area (Å²) in [7, 11) is 3.10. The van der Waals surface area contributed by atoms with Gasteiger partial charge in [-0.25, -0.2) is 14.8 Å². The number of rotatable bonds is 4. The number of hydrogen-bond acceptors (Lipinski definition) is 5. The van der Waals surface area contributed by atoms with E-state index >= 15 is 0 Å². The van der Waals surface area contributed by atoms with Gasteiger partial charge in [0.1, 0.15) is 10.4 Å². The summed E-state index contributed by atoms with van der Waals surface area (Å²) in [5, 5.41) is 1.00. The number of thioether (sulfide) groups is 1. The van der Waals surface area contributed by atoms with Crippen LogP contribution in [0.1, 0.15) is 17.7 Å². The van der Waals surface area contributed by atoms with Crippen molar-refractivity contribution >= 4 is 22.8 Å². The summed E-state index contributed by atoms with van der Waals surface area (Å²) in [6, 6.07) is 19.6. The fourth-order valence-corrected chi connectivity index (χ4v) is 4.25. The van der Waals surface area contributed by atoms with Crippen LogP contribution < -0.4 is 11.2 Å². The first-order valence-electron chi connectivity index (χ1n) is 9.22. The highest BCUT2D eigenvalue weighted by Crippen LogP contribution is 2.36. The molecule has 2 aromatic heterocycles. The van der Waals surface area contributed by atoms with Crippen molar-refractivity contribution in [2.75, 3.05) is 0 Å². The van der Waals surface area contributed by atoms with Gasteiger partial charge >= 0.3 is 5.69 Å². The average Bonchev–Trinajstić information content (AvgIpc) is 2.77. The summed E-state index contributed by atoms with van der Waals surface area (Å²) in [5.74, 6) is 0.490. The number of aryl methyl sites for hydroxylation is 1. The largest absolute Gasteiger partial charge is 0.332 e. The number of benzene rings is 2. The van der Waals surface area contributed by atoms with Crippen LogP contribution in [-0.2, 0) is 14.1 Å². The first-order chi connectivity index (χ1) is 14.0. The third-order valence-electron chi connectivity index (χ3n) is 4.86. The second-order valence-electron chi connectivity index (χ2n) is 6.79. The van der Waals surface area contributed by atoms with Crippen LogP contribution in [-0.4, -0.2) is 19.1 Å². The molecule has 0 aliphatic rings. The molecule has 0 bridgehead atoms. The molecule has 4 rings (SSSR count). The first kappa shape index (κ1) is 19.1. The molecule has 1 atom stereocenters. The molecule has 29 heavy (non-hydrogen) atoms. The van der Waals surface area contributed by atoms with Crippen molar-refractivity contribution in [3.8, 4) is 11.4 Å². The van der Waals surface area contributed by atoms with Crippen LogP contribution in [0.25, 0.3) is 22.4 Å². The summed E-state index contributed by atoms with van der Waals surface area (Å²) in [6.07, 6.45) is 0. The number of hydrogen-bond donors (Lipinski definition) is 0. The number of fused-ring (bicyclic) bond motifs is 1. The first-order valence-corrected chi connectivity index (χ1v) is 10.1. The van der Waals surface area contributed by atoms with E-state index in [0.29, 0.717) is 21.9 Å². The molecular formula is C22H20N4O2S. The number of aromatic nitrogens is 4. The Labute approximate surface area is 171 Å². The van der Waals surface area contributed by atoms with Gasteiger partial charge in [-0.15, -0.1) is 0 Å². The van der Waals surface area contributed by atoms with Crippen LogP contribution in [0.15, 0.2) is 75.3 Å². The van der Waals surface area contributed by atoms with Gasteiger partial charge in [0.25, 0.3) is 5.56 Å². The summed E-state index contributed by atoms with van der Waals surface area (Å²) in [4.78, 5) is 34.7. The molecule has 6 nitrogen and oxygen atoms in total. The van der Waals surface area contributed by atoms with Gasteiger partial charge in [-0.05, 0) is 12.5 Å². The van der Waals surface area contributed by atoms with E-state index in [9.17, 15) is 9.59 Å². The second kappa shape index (κ2) is 7.67. The van der Waals surface area contributed by atoms with Crippen molar-refractivity contribution in [3.63, 3.8) is 0 Å². The van der Waals surface area contributed by atoms with Gasteiger partial charge < -0.3 is 0 Å².